The van der Waals surface area contributed by atoms with Crippen molar-refractivity contribution in [2.45, 2.75) is 13.3 Å². The number of hydrogen-bond donors (Lipinski definition) is 0. The number of carbonyl (C=O) groups excluding carboxylic acids is 1. The van der Waals surface area contributed by atoms with Crippen molar-refractivity contribution in [3.05, 3.63) is 78.1 Å². The molecule has 2 heterocycles. The summed E-state index contributed by atoms with van der Waals surface area (Å²) in [7, 11) is 0. The number of fused-ring (bicyclic) bond motifs is 1. The second-order valence-corrected chi connectivity index (χ2v) is 6.48. The van der Waals surface area contributed by atoms with Crippen molar-refractivity contribution in [1.82, 2.24) is 4.98 Å². The van der Waals surface area contributed by atoms with Gasteiger partial charge in [0, 0.05) is 24.6 Å². The number of nitrogens with zero attached hydrogens (tertiary/aromatic N) is 2. The van der Waals surface area contributed by atoms with E-state index in [-0.39, 0.29) is 12.5 Å². The zero-order chi connectivity index (χ0) is 17.9. The zero-order valence-electron chi connectivity index (χ0n) is 14.7. The van der Waals surface area contributed by atoms with Gasteiger partial charge in [0.1, 0.15) is 5.75 Å². The van der Waals surface area contributed by atoms with Crippen LogP contribution in [0, 0.1) is 6.92 Å². The molecule has 0 fully saturated rings. The lowest BCUT2D eigenvalue weighted by molar-refractivity contribution is -0.120. The monoisotopic (exact) mass is 344 g/mol. The molecular weight excluding hydrogens is 324 g/mol. The highest BCUT2D eigenvalue weighted by Gasteiger charge is 2.25. The van der Waals surface area contributed by atoms with Gasteiger partial charge < -0.3 is 9.64 Å². The van der Waals surface area contributed by atoms with Gasteiger partial charge >= 0.3 is 0 Å². The average Bonchev–Trinajstić information content (AvgIpc) is 3.10. The van der Waals surface area contributed by atoms with E-state index >= 15 is 0 Å². The molecule has 1 amide bonds. The van der Waals surface area contributed by atoms with Crippen LogP contribution in [0.25, 0.3) is 11.1 Å². The summed E-state index contributed by atoms with van der Waals surface area (Å²) >= 11 is 0. The Kier molecular flexibility index (Phi) is 4.40. The number of rotatable bonds is 4. The van der Waals surface area contributed by atoms with Crippen molar-refractivity contribution in [2.75, 3.05) is 18.1 Å². The Labute approximate surface area is 153 Å². The first kappa shape index (κ1) is 16.3. The summed E-state index contributed by atoms with van der Waals surface area (Å²) in [6.07, 6.45) is 4.45. The number of pyridine rings is 1. The molecule has 4 rings (SSSR count). The van der Waals surface area contributed by atoms with E-state index in [0.717, 1.165) is 34.5 Å². The van der Waals surface area contributed by atoms with Crippen LogP contribution in [0.4, 0.5) is 5.69 Å². The highest BCUT2D eigenvalue weighted by atomic mass is 16.5. The third kappa shape index (κ3) is 3.31. The number of aromatic nitrogens is 1. The lowest BCUT2D eigenvalue weighted by Crippen LogP contribution is -2.33. The summed E-state index contributed by atoms with van der Waals surface area (Å²) in [5.41, 5.74) is 5.58. The minimum absolute atomic E-state index is 0.0121. The van der Waals surface area contributed by atoms with Gasteiger partial charge in [-0.25, -0.2) is 0 Å². The van der Waals surface area contributed by atoms with Crippen molar-refractivity contribution < 1.29 is 9.53 Å². The van der Waals surface area contributed by atoms with Crippen LogP contribution in [-0.2, 0) is 11.2 Å². The number of benzene rings is 2. The number of carbonyl (C=O) groups is 1. The van der Waals surface area contributed by atoms with E-state index in [1.165, 1.54) is 5.56 Å². The first-order valence-corrected chi connectivity index (χ1v) is 8.74. The van der Waals surface area contributed by atoms with Crippen LogP contribution in [0.5, 0.6) is 5.75 Å². The summed E-state index contributed by atoms with van der Waals surface area (Å²) in [6, 6.07) is 18.0. The Morgan fingerprint density at radius 2 is 1.92 bits per heavy atom. The third-order valence-electron chi connectivity index (χ3n) is 4.64. The van der Waals surface area contributed by atoms with E-state index in [9.17, 15) is 4.79 Å². The smallest absolute Gasteiger partial charge is 0.264 e. The number of hydrogen-bond acceptors (Lipinski definition) is 3. The van der Waals surface area contributed by atoms with Gasteiger partial charge in [-0.2, -0.15) is 0 Å². The molecule has 4 nitrogen and oxygen atoms in total. The topological polar surface area (TPSA) is 42.4 Å². The summed E-state index contributed by atoms with van der Waals surface area (Å²) < 4.78 is 5.67. The van der Waals surface area contributed by atoms with E-state index in [4.69, 9.17) is 4.74 Å². The van der Waals surface area contributed by atoms with E-state index in [0.29, 0.717) is 6.54 Å². The predicted molar refractivity (Wildman–Crippen MR) is 102 cm³/mol. The van der Waals surface area contributed by atoms with Gasteiger partial charge in [-0.1, -0.05) is 18.2 Å². The van der Waals surface area contributed by atoms with Crippen molar-refractivity contribution in [3.63, 3.8) is 0 Å². The van der Waals surface area contributed by atoms with E-state index in [2.05, 4.69) is 17.1 Å². The fourth-order valence-corrected chi connectivity index (χ4v) is 3.31. The fraction of sp³-hybridized carbons (Fsp3) is 0.182. The van der Waals surface area contributed by atoms with Crippen molar-refractivity contribution in [1.29, 1.82) is 0 Å². The van der Waals surface area contributed by atoms with Crippen LogP contribution in [-0.4, -0.2) is 24.0 Å². The zero-order valence-corrected chi connectivity index (χ0v) is 14.7. The SMILES string of the molecule is Cc1cccc(OCC(=O)N2CCc3cc(-c4ccncc4)ccc32)c1. The maximum atomic E-state index is 12.6. The first-order valence-electron chi connectivity index (χ1n) is 8.74. The molecule has 26 heavy (non-hydrogen) atoms. The average molecular weight is 344 g/mol. The lowest BCUT2D eigenvalue weighted by atomic mass is 10.0. The largest absolute Gasteiger partial charge is 0.484 e. The van der Waals surface area contributed by atoms with Crippen LogP contribution in [0.2, 0.25) is 0 Å². The van der Waals surface area contributed by atoms with Crippen LogP contribution < -0.4 is 9.64 Å². The highest BCUT2D eigenvalue weighted by molar-refractivity contribution is 5.96. The lowest BCUT2D eigenvalue weighted by Gasteiger charge is -2.18. The van der Waals surface area contributed by atoms with Crippen LogP contribution in [0.3, 0.4) is 0 Å². The molecule has 1 aromatic heterocycles. The first-order chi connectivity index (χ1) is 12.7. The van der Waals surface area contributed by atoms with Gasteiger partial charge in [-0.3, -0.25) is 9.78 Å². The molecule has 0 saturated carbocycles. The molecule has 0 N–H and O–H groups in total. The Balaban J connectivity index is 1.48. The van der Waals surface area contributed by atoms with E-state index in [1.54, 1.807) is 12.4 Å². The molecule has 1 aliphatic rings. The molecular formula is C22H20N2O2. The van der Waals surface area contributed by atoms with Gasteiger partial charge in [0.25, 0.3) is 5.91 Å². The molecule has 0 atom stereocenters. The predicted octanol–water partition coefficient (Wildman–Crippen LogP) is 4.03. The van der Waals surface area contributed by atoms with Gasteiger partial charge in [0.05, 0.1) is 0 Å². The number of aryl methyl sites for hydroxylation is 1. The molecule has 0 bridgehead atoms. The minimum atomic E-state index is -0.0121. The van der Waals surface area contributed by atoms with Crippen LogP contribution in [0.15, 0.2) is 67.0 Å². The fourth-order valence-electron chi connectivity index (χ4n) is 3.31. The number of anilines is 1. The van der Waals surface area contributed by atoms with E-state index in [1.807, 2.05) is 54.3 Å². The quantitative estimate of drug-likeness (QED) is 0.718. The maximum absolute atomic E-state index is 12.6. The van der Waals surface area contributed by atoms with Crippen molar-refractivity contribution >= 4 is 11.6 Å². The van der Waals surface area contributed by atoms with Gasteiger partial charge in [-0.15, -0.1) is 0 Å². The third-order valence-corrected chi connectivity index (χ3v) is 4.64. The molecule has 0 spiro atoms. The van der Waals surface area contributed by atoms with Crippen molar-refractivity contribution in [3.8, 4) is 16.9 Å². The van der Waals surface area contributed by atoms with Gasteiger partial charge in [-0.05, 0) is 72.0 Å². The van der Waals surface area contributed by atoms with E-state index < -0.39 is 0 Å². The second-order valence-electron chi connectivity index (χ2n) is 6.48. The molecule has 0 unspecified atom stereocenters. The summed E-state index contributed by atoms with van der Waals surface area (Å²) in [5, 5.41) is 0. The maximum Gasteiger partial charge on any atom is 0.264 e. The molecule has 1 aliphatic heterocycles. The molecule has 0 saturated heterocycles. The Morgan fingerprint density at radius 1 is 1.08 bits per heavy atom. The molecule has 3 aromatic rings. The van der Waals surface area contributed by atoms with Crippen LogP contribution in [0.1, 0.15) is 11.1 Å². The molecule has 2 aromatic carbocycles. The Hall–Kier alpha value is -3.14. The summed E-state index contributed by atoms with van der Waals surface area (Å²) in [5.74, 6) is 0.715. The molecule has 4 heteroatoms. The van der Waals surface area contributed by atoms with Gasteiger partial charge in [0.2, 0.25) is 0 Å². The highest BCUT2D eigenvalue weighted by Crippen LogP contribution is 2.32. The van der Waals surface area contributed by atoms with Crippen molar-refractivity contribution in [2.24, 2.45) is 0 Å². The normalized spacial score (nSPS) is 12.7. The van der Waals surface area contributed by atoms with Gasteiger partial charge in [0.15, 0.2) is 6.61 Å². The summed E-state index contributed by atoms with van der Waals surface area (Å²) in [6.45, 7) is 2.76. The van der Waals surface area contributed by atoms with Crippen LogP contribution >= 0.6 is 0 Å². The summed E-state index contributed by atoms with van der Waals surface area (Å²) in [4.78, 5) is 18.5. The Morgan fingerprint density at radius 3 is 2.73 bits per heavy atom. The molecule has 0 radical (unpaired) electrons. The molecule has 130 valence electrons. The second kappa shape index (κ2) is 7.00. The Bertz CT molecular complexity index is 938. The number of ether oxygens (including phenoxy) is 1. The number of amides is 1. The molecule has 0 aliphatic carbocycles. The standard InChI is InChI=1S/C22H20N2O2/c1-16-3-2-4-20(13-16)26-15-22(25)24-12-9-19-14-18(5-6-21(19)24)17-7-10-23-11-8-17/h2-8,10-11,13-14H,9,12,15H2,1H3. The minimum Gasteiger partial charge on any atom is -0.484 e.